The lowest BCUT2D eigenvalue weighted by Crippen LogP contribution is -2.23. The van der Waals surface area contributed by atoms with E-state index in [9.17, 15) is 4.79 Å². The number of carboxylic acid groups (broad SMARTS) is 1. The maximum absolute atomic E-state index is 10.9. The Balaban J connectivity index is 1.93. The van der Waals surface area contributed by atoms with Crippen molar-refractivity contribution >= 4 is 5.97 Å². The summed E-state index contributed by atoms with van der Waals surface area (Å²) in [6.07, 6.45) is 0.258. The molecule has 0 saturated heterocycles. The van der Waals surface area contributed by atoms with Crippen LogP contribution < -0.4 is 0 Å². The first kappa shape index (κ1) is 13.1. The van der Waals surface area contributed by atoms with Crippen LogP contribution in [0.15, 0.2) is 18.2 Å². The number of carboxylic acids is 1. The smallest absolute Gasteiger partial charge is 0.335 e. The van der Waals surface area contributed by atoms with E-state index in [0.717, 1.165) is 31.8 Å². The second-order valence-corrected chi connectivity index (χ2v) is 4.92. The highest BCUT2D eigenvalue weighted by molar-refractivity contribution is 5.87. The molecule has 0 aliphatic carbocycles. The third kappa shape index (κ3) is 3.09. The number of fused-ring (bicyclic) bond motifs is 1. The van der Waals surface area contributed by atoms with Crippen LogP contribution in [0.25, 0.3) is 0 Å². The number of hydrogen-bond acceptors (Lipinski definition) is 3. The molecule has 0 aromatic heterocycles. The first-order valence-corrected chi connectivity index (χ1v) is 6.25. The monoisotopic (exact) mass is 249 g/mol. The van der Waals surface area contributed by atoms with Gasteiger partial charge in [0.05, 0.1) is 18.3 Å². The van der Waals surface area contributed by atoms with Gasteiger partial charge in [-0.1, -0.05) is 6.07 Å². The molecule has 0 spiro atoms. The highest BCUT2D eigenvalue weighted by Crippen LogP contribution is 2.23. The fourth-order valence-corrected chi connectivity index (χ4v) is 2.17. The van der Waals surface area contributed by atoms with Gasteiger partial charge >= 0.3 is 5.97 Å². The van der Waals surface area contributed by atoms with Crippen molar-refractivity contribution in [2.75, 3.05) is 13.2 Å². The van der Waals surface area contributed by atoms with Gasteiger partial charge < -0.3 is 9.84 Å². The maximum atomic E-state index is 10.9. The quantitative estimate of drug-likeness (QED) is 0.868. The molecule has 0 radical (unpaired) electrons. The standard InChI is InChI=1S/C14H19NO3/c1-10(2)18-6-5-15-8-12-4-3-11(14(16)17)7-13(12)9-15/h3-4,7,10H,5-6,8-9H2,1-2H3,(H,16,17). The van der Waals surface area contributed by atoms with E-state index in [1.54, 1.807) is 12.1 Å². The Hall–Kier alpha value is -1.39. The summed E-state index contributed by atoms with van der Waals surface area (Å²) in [5.74, 6) is -0.862. The molecule has 0 atom stereocenters. The van der Waals surface area contributed by atoms with E-state index < -0.39 is 5.97 Å². The third-order valence-electron chi connectivity index (χ3n) is 3.10. The van der Waals surface area contributed by atoms with E-state index in [-0.39, 0.29) is 6.10 Å². The predicted molar refractivity (Wildman–Crippen MR) is 68.6 cm³/mol. The highest BCUT2D eigenvalue weighted by atomic mass is 16.5. The third-order valence-corrected chi connectivity index (χ3v) is 3.10. The number of nitrogens with zero attached hydrogens (tertiary/aromatic N) is 1. The molecule has 2 rings (SSSR count). The first-order valence-electron chi connectivity index (χ1n) is 6.25. The largest absolute Gasteiger partial charge is 0.478 e. The van der Waals surface area contributed by atoms with Crippen LogP contribution in [-0.2, 0) is 17.8 Å². The minimum absolute atomic E-state index is 0.258. The van der Waals surface area contributed by atoms with Crippen LogP contribution in [0.3, 0.4) is 0 Å². The van der Waals surface area contributed by atoms with Crippen molar-refractivity contribution in [2.45, 2.75) is 33.0 Å². The molecule has 18 heavy (non-hydrogen) atoms. The molecule has 1 N–H and O–H groups in total. The molecule has 4 nitrogen and oxygen atoms in total. The molecular formula is C14H19NO3. The van der Waals surface area contributed by atoms with Gasteiger partial charge in [-0.25, -0.2) is 4.79 Å². The van der Waals surface area contributed by atoms with E-state index in [1.807, 2.05) is 19.9 Å². The normalized spacial score (nSPS) is 15.1. The molecule has 0 saturated carbocycles. The zero-order valence-electron chi connectivity index (χ0n) is 10.8. The van der Waals surface area contributed by atoms with Crippen molar-refractivity contribution in [1.82, 2.24) is 4.90 Å². The number of benzene rings is 1. The molecule has 0 unspecified atom stereocenters. The second kappa shape index (κ2) is 5.50. The van der Waals surface area contributed by atoms with Crippen molar-refractivity contribution in [3.63, 3.8) is 0 Å². The van der Waals surface area contributed by atoms with Crippen molar-refractivity contribution in [3.8, 4) is 0 Å². The van der Waals surface area contributed by atoms with Gasteiger partial charge in [-0.05, 0) is 37.1 Å². The molecule has 0 bridgehead atoms. The van der Waals surface area contributed by atoms with E-state index >= 15 is 0 Å². The Morgan fingerprint density at radius 2 is 2.11 bits per heavy atom. The molecule has 0 amide bonds. The van der Waals surface area contributed by atoms with Crippen LogP contribution in [0, 0.1) is 0 Å². The SMILES string of the molecule is CC(C)OCCN1Cc2ccc(C(=O)O)cc2C1. The zero-order valence-corrected chi connectivity index (χ0v) is 10.8. The van der Waals surface area contributed by atoms with Crippen LogP contribution in [0.2, 0.25) is 0 Å². The number of carbonyl (C=O) groups is 1. The first-order chi connectivity index (χ1) is 8.56. The molecule has 0 fully saturated rings. The van der Waals surface area contributed by atoms with Crippen LogP contribution in [0.4, 0.5) is 0 Å². The molecule has 1 aliphatic rings. The van der Waals surface area contributed by atoms with Crippen molar-refractivity contribution in [3.05, 3.63) is 34.9 Å². The Bertz CT molecular complexity index is 443. The summed E-state index contributed by atoms with van der Waals surface area (Å²) in [5, 5.41) is 8.95. The summed E-state index contributed by atoms with van der Waals surface area (Å²) in [4.78, 5) is 13.2. The van der Waals surface area contributed by atoms with Gasteiger partial charge in [0.2, 0.25) is 0 Å². The fourth-order valence-electron chi connectivity index (χ4n) is 2.17. The van der Waals surface area contributed by atoms with E-state index in [1.165, 1.54) is 5.56 Å². The average Bonchev–Trinajstić information content (AvgIpc) is 2.69. The minimum atomic E-state index is -0.862. The lowest BCUT2D eigenvalue weighted by molar-refractivity contribution is 0.0584. The molecule has 1 aromatic carbocycles. The summed E-state index contributed by atoms with van der Waals surface area (Å²) in [6, 6.07) is 5.37. The maximum Gasteiger partial charge on any atom is 0.335 e. The van der Waals surface area contributed by atoms with Crippen LogP contribution in [-0.4, -0.2) is 35.2 Å². The molecule has 1 aliphatic heterocycles. The summed E-state index contributed by atoms with van der Waals surface area (Å²) >= 11 is 0. The summed E-state index contributed by atoms with van der Waals surface area (Å²) in [7, 11) is 0. The van der Waals surface area contributed by atoms with Crippen molar-refractivity contribution < 1.29 is 14.6 Å². The molecule has 1 aromatic rings. The Kier molecular flexibility index (Phi) is 3.99. The van der Waals surface area contributed by atoms with Gasteiger partial charge in [-0.3, -0.25) is 4.90 Å². The molecule has 4 heteroatoms. The Morgan fingerprint density at radius 1 is 1.39 bits per heavy atom. The lowest BCUT2D eigenvalue weighted by atomic mass is 10.1. The number of aromatic carboxylic acids is 1. The second-order valence-electron chi connectivity index (χ2n) is 4.92. The fraction of sp³-hybridized carbons (Fsp3) is 0.500. The summed E-state index contributed by atoms with van der Waals surface area (Å²) in [6.45, 7) is 7.36. The highest BCUT2D eigenvalue weighted by Gasteiger charge is 2.19. The number of hydrogen-bond donors (Lipinski definition) is 1. The van der Waals surface area contributed by atoms with Crippen molar-refractivity contribution in [2.24, 2.45) is 0 Å². The van der Waals surface area contributed by atoms with Crippen LogP contribution in [0.5, 0.6) is 0 Å². The van der Waals surface area contributed by atoms with Gasteiger partial charge in [-0.2, -0.15) is 0 Å². The van der Waals surface area contributed by atoms with Crippen molar-refractivity contribution in [1.29, 1.82) is 0 Å². The molecular weight excluding hydrogens is 230 g/mol. The topological polar surface area (TPSA) is 49.8 Å². The molecule has 1 heterocycles. The van der Waals surface area contributed by atoms with Crippen LogP contribution in [0.1, 0.15) is 35.3 Å². The summed E-state index contributed by atoms with van der Waals surface area (Å²) in [5.41, 5.74) is 2.72. The lowest BCUT2D eigenvalue weighted by Gasteiger charge is -2.15. The van der Waals surface area contributed by atoms with Gasteiger partial charge in [0.25, 0.3) is 0 Å². The molecule has 98 valence electrons. The average molecular weight is 249 g/mol. The van der Waals surface area contributed by atoms with Gasteiger partial charge in [0.15, 0.2) is 0 Å². The van der Waals surface area contributed by atoms with Crippen LogP contribution >= 0.6 is 0 Å². The predicted octanol–water partition coefficient (Wildman–Crippen LogP) is 2.13. The van der Waals surface area contributed by atoms with E-state index in [0.29, 0.717) is 5.56 Å². The number of ether oxygens (including phenoxy) is 1. The Labute approximate surface area is 107 Å². The Morgan fingerprint density at radius 3 is 2.78 bits per heavy atom. The van der Waals surface area contributed by atoms with E-state index in [2.05, 4.69) is 4.90 Å². The van der Waals surface area contributed by atoms with E-state index in [4.69, 9.17) is 9.84 Å². The van der Waals surface area contributed by atoms with Gasteiger partial charge in [-0.15, -0.1) is 0 Å². The van der Waals surface area contributed by atoms with Gasteiger partial charge in [0.1, 0.15) is 0 Å². The minimum Gasteiger partial charge on any atom is -0.478 e. The zero-order chi connectivity index (χ0) is 13.1. The summed E-state index contributed by atoms with van der Waals surface area (Å²) < 4.78 is 5.53. The number of rotatable bonds is 5. The van der Waals surface area contributed by atoms with Gasteiger partial charge in [0, 0.05) is 19.6 Å².